The maximum Gasteiger partial charge on any atom is 0.274 e. The number of hydrogen-bond donors (Lipinski definition) is 2. The van der Waals surface area contributed by atoms with Crippen LogP contribution in [-0.4, -0.2) is 32.7 Å². The third-order valence-electron chi connectivity index (χ3n) is 4.75. The zero-order valence-electron chi connectivity index (χ0n) is 14.2. The van der Waals surface area contributed by atoms with Crippen molar-refractivity contribution < 1.29 is 9.84 Å². The molecule has 6 nitrogen and oxygen atoms in total. The highest BCUT2D eigenvalue weighted by molar-refractivity contribution is 5.54. The number of nitrogens with zero attached hydrogens (tertiary/aromatic N) is 2. The van der Waals surface area contributed by atoms with E-state index in [2.05, 4.69) is 4.98 Å². The Bertz CT molecular complexity index is 950. The molecule has 1 aliphatic rings. The van der Waals surface area contributed by atoms with Gasteiger partial charge in [0.2, 0.25) is 0 Å². The largest absolute Gasteiger partial charge is 0.508 e. The number of aryl methyl sites for hydroxylation is 1. The number of fused-ring (bicyclic) bond motifs is 1. The van der Waals surface area contributed by atoms with Crippen molar-refractivity contribution in [1.29, 1.82) is 0 Å². The Balaban J connectivity index is 1.83. The van der Waals surface area contributed by atoms with E-state index < -0.39 is 0 Å². The lowest BCUT2D eigenvalue weighted by Crippen LogP contribution is -2.18. The summed E-state index contributed by atoms with van der Waals surface area (Å²) >= 11 is 0. The average Bonchev–Trinajstić information content (AvgIpc) is 2.96. The number of nitrogens with one attached hydrogen (secondary N) is 1. The molecule has 0 spiro atoms. The van der Waals surface area contributed by atoms with Crippen molar-refractivity contribution in [2.45, 2.75) is 32.1 Å². The fraction of sp³-hybridized carbons (Fsp3) is 0.368. The Hall–Kier alpha value is -2.60. The summed E-state index contributed by atoms with van der Waals surface area (Å²) in [7, 11) is 0. The van der Waals surface area contributed by atoms with E-state index in [0.29, 0.717) is 17.9 Å². The minimum atomic E-state index is -0.111. The van der Waals surface area contributed by atoms with Gasteiger partial charge in [-0.1, -0.05) is 12.1 Å². The first-order valence-electron chi connectivity index (χ1n) is 8.58. The van der Waals surface area contributed by atoms with Gasteiger partial charge in [0, 0.05) is 37.4 Å². The average molecular weight is 339 g/mol. The van der Waals surface area contributed by atoms with Crippen molar-refractivity contribution in [2.75, 3.05) is 13.2 Å². The molecule has 0 bridgehead atoms. The third-order valence-corrected chi connectivity index (χ3v) is 4.75. The molecule has 2 aromatic heterocycles. The molecule has 1 aromatic carbocycles. The molecule has 3 heterocycles. The van der Waals surface area contributed by atoms with Crippen LogP contribution in [0.3, 0.4) is 0 Å². The van der Waals surface area contributed by atoms with E-state index in [0.717, 1.165) is 48.8 Å². The van der Waals surface area contributed by atoms with E-state index in [-0.39, 0.29) is 11.3 Å². The van der Waals surface area contributed by atoms with Gasteiger partial charge in [-0.25, -0.2) is 4.98 Å². The summed E-state index contributed by atoms with van der Waals surface area (Å²) in [5.41, 5.74) is 3.10. The zero-order chi connectivity index (χ0) is 17.4. The number of benzene rings is 1. The first-order chi connectivity index (χ1) is 12.1. The van der Waals surface area contributed by atoms with Crippen LogP contribution in [0.2, 0.25) is 0 Å². The molecule has 3 aromatic rings. The van der Waals surface area contributed by atoms with Gasteiger partial charge < -0.3 is 14.8 Å². The van der Waals surface area contributed by atoms with Gasteiger partial charge in [0.05, 0.1) is 5.69 Å². The zero-order valence-corrected chi connectivity index (χ0v) is 14.2. The minimum Gasteiger partial charge on any atom is -0.508 e. The number of ether oxygens (including phenoxy) is 1. The van der Waals surface area contributed by atoms with Crippen LogP contribution >= 0.6 is 0 Å². The van der Waals surface area contributed by atoms with Crippen LogP contribution in [0, 0.1) is 6.92 Å². The summed E-state index contributed by atoms with van der Waals surface area (Å²) in [6, 6.07) is 7.02. The van der Waals surface area contributed by atoms with Gasteiger partial charge in [-0.15, -0.1) is 0 Å². The number of aromatic nitrogens is 3. The molecule has 1 aliphatic heterocycles. The minimum absolute atomic E-state index is 0.111. The summed E-state index contributed by atoms with van der Waals surface area (Å²) in [6.45, 7) is 3.35. The molecule has 0 unspecified atom stereocenters. The van der Waals surface area contributed by atoms with Gasteiger partial charge >= 0.3 is 0 Å². The van der Waals surface area contributed by atoms with Gasteiger partial charge in [0.15, 0.2) is 0 Å². The lowest BCUT2D eigenvalue weighted by atomic mass is 9.99. The quantitative estimate of drug-likeness (QED) is 0.768. The smallest absolute Gasteiger partial charge is 0.274 e. The number of hydrogen-bond acceptors (Lipinski definition) is 4. The summed E-state index contributed by atoms with van der Waals surface area (Å²) in [5, 5.41) is 9.46. The predicted molar refractivity (Wildman–Crippen MR) is 94.3 cm³/mol. The maximum atomic E-state index is 12.6. The van der Waals surface area contributed by atoms with E-state index in [1.54, 1.807) is 12.1 Å². The highest BCUT2D eigenvalue weighted by atomic mass is 16.5. The molecule has 4 rings (SSSR count). The van der Waals surface area contributed by atoms with Crippen molar-refractivity contribution in [3.8, 4) is 5.75 Å². The Morgan fingerprint density at radius 3 is 2.72 bits per heavy atom. The van der Waals surface area contributed by atoms with Crippen LogP contribution in [0.1, 0.15) is 41.5 Å². The molecular weight excluding hydrogens is 318 g/mol. The van der Waals surface area contributed by atoms with Crippen LogP contribution in [0.25, 0.3) is 5.52 Å². The molecule has 0 saturated carbocycles. The number of phenolic OH excluding ortho intramolecular Hbond substituents is 1. The molecule has 1 fully saturated rings. The molecule has 25 heavy (non-hydrogen) atoms. The Labute approximate surface area is 145 Å². The number of rotatable bonds is 3. The summed E-state index contributed by atoms with van der Waals surface area (Å²) in [5.74, 6) is 1.48. The van der Waals surface area contributed by atoms with E-state index in [1.165, 1.54) is 0 Å². The maximum absolute atomic E-state index is 12.6. The molecule has 0 amide bonds. The standard InChI is InChI=1S/C19H21N3O3/c1-12-11-22-17(19(24)20-12)16(10-13-2-4-15(23)5-3-13)21-18(22)14-6-8-25-9-7-14/h2-5,11,14,23H,6-10H2,1H3,(H,20,24). The topological polar surface area (TPSA) is 79.6 Å². The van der Waals surface area contributed by atoms with E-state index in [1.807, 2.05) is 29.7 Å². The number of aromatic amines is 1. The van der Waals surface area contributed by atoms with Gasteiger partial charge in [-0.3, -0.25) is 9.20 Å². The van der Waals surface area contributed by atoms with Crippen LogP contribution in [0.5, 0.6) is 5.75 Å². The van der Waals surface area contributed by atoms with E-state index >= 15 is 0 Å². The molecule has 0 atom stereocenters. The SMILES string of the molecule is Cc1cn2c(C3CCOCC3)nc(Cc3ccc(O)cc3)c2c(=O)[nH]1. The van der Waals surface area contributed by atoms with E-state index in [4.69, 9.17) is 9.72 Å². The first-order valence-corrected chi connectivity index (χ1v) is 8.58. The molecule has 2 N–H and O–H groups in total. The highest BCUT2D eigenvalue weighted by Crippen LogP contribution is 2.28. The van der Waals surface area contributed by atoms with Crippen molar-refractivity contribution in [3.63, 3.8) is 0 Å². The number of phenols is 1. The number of imidazole rings is 1. The van der Waals surface area contributed by atoms with Crippen LogP contribution in [0.15, 0.2) is 35.3 Å². The number of H-pyrrole nitrogens is 1. The van der Waals surface area contributed by atoms with Crippen LogP contribution < -0.4 is 5.56 Å². The van der Waals surface area contributed by atoms with Crippen molar-refractivity contribution in [1.82, 2.24) is 14.4 Å². The summed E-state index contributed by atoms with van der Waals surface area (Å²) < 4.78 is 7.42. The second-order valence-corrected chi connectivity index (χ2v) is 6.63. The molecule has 0 aliphatic carbocycles. The normalized spacial score (nSPS) is 15.7. The van der Waals surface area contributed by atoms with Crippen LogP contribution in [-0.2, 0) is 11.2 Å². The Kier molecular flexibility index (Phi) is 4.05. The fourth-order valence-corrected chi connectivity index (χ4v) is 3.51. The molecule has 1 saturated heterocycles. The Morgan fingerprint density at radius 1 is 1.28 bits per heavy atom. The van der Waals surface area contributed by atoms with Gasteiger partial charge in [-0.2, -0.15) is 0 Å². The third kappa shape index (κ3) is 3.05. The predicted octanol–water partition coefficient (Wildman–Crippen LogP) is 2.52. The van der Waals surface area contributed by atoms with Crippen molar-refractivity contribution >= 4 is 5.52 Å². The lowest BCUT2D eigenvalue weighted by Gasteiger charge is -2.20. The van der Waals surface area contributed by atoms with Gasteiger partial charge in [0.25, 0.3) is 5.56 Å². The molecule has 130 valence electrons. The summed E-state index contributed by atoms with van der Waals surface area (Å²) in [6.07, 6.45) is 4.35. The highest BCUT2D eigenvalue weighted by Gasteiger charge is 2.24. The van der Waals surface area contributed by atoms with Crippen molar-refractivity contribution in [3.05, 3.63) is 63.6 Å². The summed E-state index contributed by atoms with van der Waals surface area (Å²) in [4.78, 5) is 20.3. The van der Waals surface area contributed by atoms with E-state index in [9.17, 15) is 9.90 Å². The van der Waals surface area contributed by atoms with Gasteiger partial charge in [-0.05, 0) is 37.5 Å². The number of aromatic hydroxyl groups is 1. The fourth-order valence-electron chi connectivity index (χ4n) is 3.51. The monoisotopic (exact) mass is 339 g/mol. The first kappa shape index (κ1) is 15.9. The second kappa shape index (κ2) is 6.37. The second-order valence-electron chi connectivity index (χ2n) is 6.63. The van der Waals surface area contributed by atoms with Crippen molar-refractivity contribution in [2.24, 2.45) is 0 Å². The van der Waals surface area contributed by atoms with Gasteiger partial charge in [0.1, 0.15) is 17.1 Å². The molecule has 6 heteroatoms. The molecule has 0 radical (unpaired) electrons. The van der Waals surface area contributed by atoms with Crippen LogP contribution in [0.4, 0.5) is 0 Å². The lowest BCUT2D eigenvalue weighted by molar-refractivity contribution is 0.0834. The Morgan fingerprint density at radius 2 is 2.00 bits per heavy atom. The molecular formula is C19H21N3O3.